The lowest BCUT2D eigenvalue weighted by atomic mass is 9.89. The van der Waals surface area contributed by atoms with Crippen molar-refractivity contribution in [2.24, 2.45) is 0 Å². The zero-order valence-corrected chi connectivity index (χ0v) is 18.1. The van der Waals surface area contributed by atoms with Crippen LogP contribution in [0.1, 0.15) is 45.7 Å². The zero-order valence-electron chi connectivity index (χ0n) is 18.1. The third-order valence-corrected chi connectivity index (χ3v) is 5.24. The highest BCUT2D eigenvalue weighted by Crippen LogP contribution is 2.38. The van der Waals surface area contributed by atoms with Gasteiger partial charge in [0.25, 0.3) is 0 Å². The van der Waals surface area contributed by atoms with Crippen molar-refractivity contribution in [3.05, 3.63) is 107 Å². The fraction of sp³-hybridized carbons (Fsp3) is 0.143. The van der Waals surface area contributed by atoms with Gasteiger partial charge in [-0.2, -0.15) is 0 Å². The van der Waals surface area contributed by atoms with Crippen LogP contribution in [0.25, 0.3) is 10.8 Å². The minimum atomic E-state index is -0.199. The van der Waals surface area contributed by atoms with Gasteiger partial charge in [-0.25, -0.2) is 0 Å². The van der Waals surface area contributed by atoms with Crippen LogP contribution in [0.3, 0.4) is 0 Å². The number of fused-ring (bicyclic) bond motifs is 1. The Kier molecular flexibility index (Phi) is 6.31. The molecule has 0 aromatic heterocycles. The van der Waals surface area contributed by atoms with E-state index < -0.39 is 0 Å². The Morgan fingerprint density at radius 1 is 0.594 bits per heavy atom. The molecule has 0 saturated heterocycles. The molecule has 0 fully saturated rings. The zero-order chi connectivity index (χ0) is 22.5. The van der Waals surface area contributed by atoms with Crippen LogP contribution in [0, 0.1) is 0 Å². The van der Waals surface area contributed by atoms with Crippen molar-refractivity contribution in [1.82, 2.24) is 0 Å². The number of ether oxygens (including phenoxy) is 2. The summed E-state index contributed by atoms with van der Waals surface area (Å²) in [4.78, 5) is 27.4. The van der Waals surface area contributed by atoms with Crippen LogP contribution in [0.5, 0.6) is 11.5 Å². The van der Waals surface area contributed by atoms with Gasteiger partial charge in [-0.3, -0.25) is 9.59 Å². The van der Waals surface area contributed by atoms with Gasteiger partial charge < -0.3 is 9.47 Å². The first-order chi connectivity index (χ1) is 15.7. The molecule has 0 aliphatic rings. The smallest absolute Gasteiger partial charge is 0.197 e. The Labute approximate surface area is 187 Å². The van der Waals surface area contributed by atoms with Crippen LogP contribution in [0.4, 0.5) is 0 Å². The standard InChI is InChI=1S/C28H24O4/c1-3-31-22-17-15-19-16-18-23(32-4-2)26(28(30)21-13-9-6-10-14-21)24(19)25(22)27(29)20-11-7-5-8-12-20/h5-18H,3-4H2,1-2H3. The van der Waals surface area contributed by atoms with Gasteiger partial charge in [0.15, 0.2) is 11.6 Å². The lowest BCUT2D eigenvalue weighted by molar-refractivity contribution is 0.103. The number of carbonyl (C=O) groups is 2. The Morgan fingerprint density at radius 2 is 1.00 bits per heavy atom. The molecule has 0 aliphatic carbocycles. The van der Waals surface area contributed by atoms with Gasteiger partial charge in [0.1, 0.15) is 11.5 Å². The van der Waals surface area contributed by atoms with E-state index in [9.17, 15) is 9.59 Å². The first-order valence-corrected chi connectivity index (χ1v) is 10.7. The van der Waals surface area contributed by atoms with E-state index in [0.717, 1.165) is 5.39 Å². The molecule has 0 bridgehead atoms. The number of ketones is 2. The lowest BCUT2D eigenvalue weighted by Gasteiger charge is -2.18. The van der Waals surface area contributed by atoms with Gasteiger partial charge in [0, 0.05) is 16.5 Å². The van der Waals surface area contributed by atoms with Crippen molar-refractivity contribution in [3.8, 4) is 11.5 Å². The second-order valence-electron chi connectivity index (χ2n) is 7.23. The predicted molar refractivity (Wildman–Crippen MR) is 126 cm³/mol. The molecule has 4 nitrogen and oxygen atoms in total. The number of hydrogen-bond acceptors (Lipinski definition) is 4. The molecule has 4 aromatic carbocycles. The molecule has 160 valence electrons. The first-order valence-electron chi connectivity index (χ1n) is 10.7. The Bertz CT molecular complexity index is 1160. The molecule has 0 spiro atoms. The number of carbonyl (C=O) groups excluding carboxylic acids is 2. The average Bonchev–Trinajstić information content (AvgIpc) is 2.84. The van der Waals surface area contributed by atoms with E-state index in [0.29, 0.717) is 52.4 Å². The topological polar surface area (TPSA) is 52.6 Å². The summed E-state index contributed by atoms with van der Waals surface area (Å²) in [5, 5.41) is 1.32. The van der Waals surface area contributed by atoms with E-state index in [4.69, 9.17) is 9.47 Å². The van der Waals surface area contributed by atoms with Gasteiger partial charge in [-0.1, -0.05) is 72.8 Å². The van der Waals surface area contributed by atoms with Gasteiger partial charge in [-0.15, -0.1) is 0 Å². The molecule has 32 heavy (non-hydrogen) atoms. The minimum absolute atomic E-state index is 0.199. The quantitative estimate of drug-likeness (QED) is 0.321. The van der Waals surface area contributed by atoms with Crippen LogP contribution in [0.15, 0.2) is 84.9 Å². The molecule has 0 saturated carbocycles. The lowest BCUT2D eigenvalue weighted by Crippen LogP contribution is -2.12. The summed E-state index contributed by atoms with van der Waals surface area (Å²) < 4.78 is 11.7. The van der Waals surface area contributed by atoms with Crippen molar-refractivity contribution in [3.63, 3.8) is 0 Å². The van der Waals surface area contributed by atoms with Crippen LogP contribution in [-0.2, 0) is 0 Å². The fourth-order valence-electron chi connectivity index (χ4n) is 3.85. The summed E-state index contributed by atoms with van der Waals surface area (Å²) in [6, 6.07) is 25.4. The maximum atomic E-state index is 13.7. The predicted octanol–water partition coefficient (Wildman–Crippen LogP) is 6.10. The van der Waals surface area contributed by atoms with E-state index >= 15 is 0 Å². The molecule has 0 aliphatic heterocycles. The van der Waals surface area contributed by atoms with E-state index in [2.05, 4.69) is 0 Å². The third-order valence-electron chi connectivity index (χ3n) is 5.24. The van der Waals surface area contributed by atoms with Crippen molar-refractivity contribution in [2.45, 2.75) is 13.8 Å². The Morgan fingerprint density at radius 3 is 1.38 bits per heavy atom. The Hall–Kier alpha value is -3.92. The molecule has 0 amide bonds. The molecule has 4 rings (SSSR count). The van der Waals surface area contributed by atoms with Crippen molar-refractivity contribution in [2.75, 3.05) is 13.2 Å². The van der Waals surface area contributed by atoms with Crippen molar-refractivity contribution < 1.29 is 19.1 Å². The van der Waals surface area contributed by atoms with Gasteiger partial charge >= 0.3 is 0 Å². The average molecular weight is 424 g/mol. The minimum Gasteiger partial charge on any atom is -0.493 e. The summed E-state index contributed by atoms with van der Waals surface area (Å²) in [7, 11) is 0. The molecule has 0 heterocycles. The van der Waals surface area contributed by atoms with E-state index in [1.165, 1.54) is 0 Å². The number of hydrogen-bond donors (Lipinski definition) is 0. The summed E-state index contributed by atoms with van der Waals surface area (Å²) in [5.74, 6) is 0.500. The highest BCUT2D eigenvalue weighted by molar-refractivity contribution is 6.26. The van der Waals surface area contributed by atoms with E-state index in [1.54, 1.807) is 36.4 Å². The molecular weight excluding hydrogens is 400 g/mol. The molecule has 4 heteroatoms. The van der Waals surface area contributed by atoms with Gasteiger partial charge in [-0.05, 0) is 31.4 Å². The van der Waals surface area contributed by atoms with Crippen LogP contribution in [-0.4, -0.2) is 24.8 Å². The highest BCUT2D eigenvalue weighted by Gasteiger charge is 2.26. The largest absolute Gasteiger partial charge is 0.493 e. The molecule has 0 atom stereocenters. The number of benzene rings is 4. The molecule has 0 N–H and O–H groups in total. The van der Waals surface area contributed by atoms with Gasteiger partial charge in [0.2, 0.25) is 0 Å². The Balaban J connectivity index is 2.08. The molecule has 0 unspecified atom stereocenters. The molecule has 4 aromatic rings. The fourth-order valence-corrected chi connectivity index (χ4v) is 3.85. The summed E-state index contributed by atoms with van der Waals surface area (Å²) >= 11 is 0. The summed E-state index contributed by atoms with van der Waals surface area (Å²) in [6.45, 7) is 4.53. The summed E-state index contributed by atoms with van der Waals surface area (Å²) in [5.41, 5.74) is 1.80. The normalized spacial score (nSPS) is 10.7. The maximum absolute atomic E-state index is 13.7. The first kappa shape index (κ1) is 21.3. The summed E-state index contributed by atoms with van der Waals surface area (Å²) in [6.07, 6.45) is 0. The van der Waals surface area contributed by atoms with Crippen LogP contribution < -0.4 is 9.47 Å². The van der Waals surface area contributed by atoms with Crippen molar-refractivity contribution >= 4 is 22.3 Å². The second kappa shape index (κ2) is 9.48. The van der Waals surface area contributed by atoms with E-state index in [1.807, 2.05) is 62.4 Å². The SMILES string of the molecule is CCOc1ccc2ccc(OCC)c(C(=O)c3ccccc3)c2c1C(=O)c1ccccc1. The second-order valence-corrected chi connectivity index (χ2v) is 7.23. The third kappa shape index (κ3) is 4.00. The van der Waals surface area contributed by atoms with E-state index in [-0.39, 0.29) is 11.6 Å². The van der Waals surface area contributed by atoms with Crippen molar-refractivity contribution in [1.29, 1.82) is 0 Å². The number of rotatable bonds is 8. The molecule has 0 radical (unpaired) electrons. The highest BCUT2D eigenvalue weighted by atomic mass is 16.5. The van der Waals surface area contributed by atoms with Crippen LogP contribution in [0.2, 0.25) is 0 Å². The van der Waals surface area contributed by atoms with Crippen LogP contribution >= 0.6 is 0 Å². The molecular formula is C28H24O4. The monoisotopic (exact) mass is 424 g/mol. The van der Waals surface area contributed by atoms with Gasteiger partial charge in [0.05, 0.1) is 24.3 Å². The maximum Gasteiger partial charge on any atom is 0.197 e.